The summed E-state index contributed by atoms with van der Waals surface area (Å²) < 4.78 is 9.56. The highest BCUT2D eigenvalue weighted by Crippen LogP contribution is 2.37. The molecule has 7 rings (SSSR count). The number of carbonyl (C=O) groups is 4. The number of amides is 4. The smallest absolute Gasteiger partial charge is 0.407 e. The maximum absolute atomic E-state index is 13.7. The van der Waals surface area contributed by atoms with Crippen molar-refractivity contribution < 1.29 is 33.6 Å². The third-order valence-corrected chi connectivity index (χ3v) is 11.6. The van der Waals surface area contributed by atoms with Gasteiger partial charge in [-0.3, -0.25) is 9.69 Å². The van der Waals surface area contributed by atoms with Gasteiger partial charge in [0, 0.05) is 41.6 Å². The third kappa shape index (κ3) is 7.95. The standard InChI is InChI=1S/C43H53N9O6/c1-23(2)35(49-42(55)57-6)40(53)51-18-8-10-33(51)38-44-21-31(47-38)27-14-12-26(13-15-27)28-16-17-29(30-20-25(5)46-37(28)30)32-22-45-39(48-32)34-11-9-19-52(34)41(54)36(24(3)4)50-43(56)58-7/h12-17,20-24,33-36,46H,8-11,18-19H2,1-7H3,(H,44,47)(H,45,48)(H,49,55)(H,50,56)/p+1/t33-,34-,35-,36-/m0/s1. The van der Waals surface area contributed by atoms with E-state index in [9.17, 15) is 19.2 Å². The van der Waals surface area contributed by atoms with E-state index >= 15 is 0 Å². The number of H-pyrrole nitrogens is 3. The largest absolute Gasteiger partial charge is 0.453 e. The van der Waals surface area contributed by atoms with Crippen molar-refractivity contribution in [1.29, 1.82) is 0 Å². The molecule has 2 fully saturated rings. The zero-order valence-corrected chi connectivity index (χ0v) is 34.2. The summed E-state index contributed by atoms with van der Waals surface area (Å²) in [5, 5.41) is 6.49. The zero-order valence-electron chi connectivity index (χ0n) is 34.2. The molecule has 0 spiro atoms. The number of aromatic amines is 3. The monoisotopic (exact) mass is 792 g/mol. The molecule has 1 unspecified atom stereocenters. The van der Waals surface area contributed by atoms with Crippen LogP contribution in [0.3, 0.4) is 0 Å². The lowest BCUT2D eigenvalue weighted by molar-refractivity contribution is -0.841. The van der Waals surface area contributed by atoms with Crippen LogP contribution in [-0.2, 0) is 19.1 Å². The van der Waals surface area contributed by atoms with Crippen LogP contribution in [0.5, 0.6) is 0 Å². The highest BCUT2D eigenvalue weighted by molar-refractivity contribution is 6.03. The second kappa shape index (κ2) is 16.9. The molecule has 5 aromatic rings. The second-order valence-corrected chi connectivity index (χ2v) is 16.1. The van der Waals surface area contributed by atoms with Gasteiger partial charge >= 0.3 is 18.1 Å². The van der Waals surface area contributed by atoms with E-state index in [2.05, 4.69) is 68.1 Å². The molecule has 2 aromatic carbocycles. The average molecular weight is 793 g/mol. The number of carbonyl (C=O) groups excluding carboxylic acids is 4. The Morgan fingerprint density at radius 3 is 2.09 bits per heavy atom. The van der Waals surface area contributed by atoms with E-state index in [1.165, 1.54) is 14.2 Å². The Labute approximate surface area is 337 Å². The lowest BCUT2D eigenvalue weighted by atomic mass is 9.97. The summed E-state index contributed by atoms with van der Waals surface area (Å²) in [6.07, 6.45) is 5.70. The highest BCUT2D eigenvalue weighted by Gasteiger charge is 2.43. The molecule has 2 aliphatic heterocycles. The number of quaternary nitrogens is 1. The fourth-order valence-electron chi connectivity index (χ4n) is 8.52. The van der Waals surface area contributed by atoms with Crippen LogP contribution in [0.2, 0.25) is 0 Å². The van der Waals surface area contributed by atoms with Crippen molar-refractivity contribution in [3.05, 3.63) is 72.2 Å². The fraction of sp³-hybridized carbons (Fsp3) is 0.442. The van der Waals surface area contributed by atoms with Gasteiger partial charge in [0.1, 0.15) is 17.9 Å². The minimum absolute atomic E-state index is 0.0635. The molecule has 0 aliphatic carbocycles. The second-order valence-electron chi connectivity index (χ2n) is 16.1. The Bertz CT molecular complexity index is 2290. The van der Waals surface area contributed by atoms with Gasteiger partial charge in [0.15, 0.2) is 11.9 Å². The molecule has 2 saturated heterocycles. The van der Waals surface area contributed by atoms with Crippen molar-refractivity contribution in [2.24, 2.45) is 11.8 Å². The van der Waals surface area contributed by atoms with Crippen LogP contribution < -0.4 is 15.5 Å². The molecule has 2 aliphatic rings. The van der Waals surface area contributed by atoms with Crippen LogP contribution in [0.25, 0.3) is 44.5 Å². The van der Waals surface area contributed by atoms with Crippen molar-refractivity contribution in [3.63, 3.8) is 0 Å². The molecule has 4 amide bonds. The van der Waals surface area contributed by atoms with Crippen LogP contribution in [-0.4, -0.2) is 93.2 Å². The minimum Gasteiger partial charge on any atom is -0.453 e. The van der Waals surface area contributed by atoms with Gasteiger partial charge in [0.2, 0.25) is 5.91 Å². The maximum Gasteiger partial charge on any atom is 0.407 e. The van der Waals surface area contributed by atoms with Gasteiger partial charge in [-0.2, -0.15) is 0 Å². The van der Waals surface area contributed by atoms with Crippen LogP contribution in [0.1, 0.15) is 82.8 Å². The molecule has 3 aromatic heterocycles. The number of rotatable bonds is 11. The number of aromatic nitrogens is 5. The van der Waals surface area contributed by atoms with E-state index in [0.29, 0.717) is 13.1 Å². The summed E-state index contributed by atoms with van der Waals surface area (Å²) in [7, 11) is 2.59. The van der Waals surface area contributed by atoms with Crippen molar-refractivity contribution >= 4 is 34.9 Å². The Hall–Kier alpha value is -5.96. The zero-order chi connectivity index (χ0) is 41.2. The number of nitrogens with one attached hydrogen (secondary N) is 6. The number of aryl methyl sites for hydroxylation is 1. The van der Waals surface area contributed by atoms with Gasteiger partial charge in [-0.15, -0.1) is 0 Å². The quantitative estimate of drug-likeness (QED) is 0.0997. The Morgan fingerprint density at radius 1 is 0.776 bits per heavy atom. The summed E-state index contributed by atoms with van der Waals surface area (Å²) in [6, 6.07) is 13.0. The van der Waals surface area contributed by atoms with E-state index in [1.807, 2.05) is 51.9 Å². The normalized spacial score (nSPS) is 19.1. The first-order valence-corrected chi connectivity index (χ1v) is 20.1. The Kier molecular flexibility index (Phi) is 11.7. The van der Waals surface area contributed by atoms with Crippen LogP contribution >= 0.6 is 0 Å². The topological polar surface area (TPSA) is 192 Å². The number of imidazole rings is 2. The molecule has 0 bridgehead atoms. The summed E-state index contributed by atoms with van der Waals surface area (Å²) in [6.45, 7) is 10.9. The first-order valence-electron chi connectivity index (χ1n) is 20.1. The molecule has 5 atom stereocenters. The fourth-order valence-corrected chi connectivity index (χ4v) is 8.52. The van der Waals surface area contributed by atoms with Gasteiger partial charge in [0.25, 0.3) is 0 Å². The van der Waals surface area contributed by atoms with Crippen LogP contribution in [0.4, 0.5) is 9.59 Å². The number of hydrogen-bond acceptors (Lipinski definition) is 8. The molecule has 0 radical (unpaired) electrons. The molecule has 15 heteroatoms. The SMILES string of the molecule is COC(=O)N[C@H](C(=O)N1CCC[C@H]1c1ncc(-c2ccc(-c3ccc(-c4cnc([C@@H]5CCC[NH+]5C(=O)[C@@H](NC(=O)OC)C(C)C)[nH]4)c4cc(C)[nH]c34)cc2)[nH]1)C(C)C. The van der Waals surface area contributed by atoms with Gasteiger partial charge in [-0.25, -0.2) is 24.4 Å². The van der Waals surface area contributed by atoms with Crippen molar-refractivity contribution in [2.75, 3.05) is 27.3 Å². The number of fused-ring (bicyclic) bond motifs is 1. The first kappa shape index (κ1) is 40.2. The summed E-state index contributed by atoms with van der Waals surface area (Å²) in [4.78, 5) is 74.1. The molecule has 15 nitrogen and oxygen atoms in total. The summed E-state index contributed by atoms with van der Waals surface area (Å²) in [5.41, 5.74) is 7.82. The van der Waals surface area contributed by atoms with E-state index in [0.717, 1.165) is 92.5 Å². The molecule has 6 N–H and O–H groups in total. The van der Waals surface area contributed by atoms with Crippen LogP contribution in [0, 0.1) is 18.8 Å². The molecule has 306 valence electrons. The lowest BCUT2D eigenvalue weighted by Crippen LogP contribution is -3.14. The predicted molar refractivity (Wildman–Crippen MR) is 218 cm³/mol. The van der Waals surface area contributed by atoms with E-state index in [-0.39, 0.29) is 35.7 Å². The number of likely N-dealkylation sites (tertiary alicyclic amines) is 2. The number of benzene rings is 2. The highest BCUT2D eigenvalue weighted by atomic mass is 16.5. The van der Waals surface area contributed by atoms with E-state index in [4.69, 9.17) is 19.4 Å². The van der Waals surface area contributed by atoms with Gasteiger partial charge in [0.05, 0.1) is 56.1 Å². The molecule has 58 heavy (non-hydrogen) atoms. The van der Waals surface area contributed by atoms with E-state index in [1.54, 1.807) is 0 Å². The van der Waals surface area contributed by atoms with E-state index < -0.39 is 24.3 Å². The Morgan fingerprint density at radius 2 is 1.40 bits per heavy atom. The number of nitrogens with zero attached hydrogens (tertiary/aromatic N) is 3. The summed E-state index contributed by atoms with van der Waals surface area (Å²) in [5.74, 6) is 1.05. The van der Waals surface area contributed by atoms with Crippen molar-refractivity contribution in [3.8, 4) is 33.6 Å². The number of methoxy groups -OCH3 is 2. The van der Waals surface area contributed by atoms with Gasteiger partial charge < -0.3 is 40.0 Å². The maximum atomic E-state index is 13.7. The average Bonchev–Trinajstić information content (AvgIpc) is 4.06. The predicted octanol–water partition coefficient (Wildman–Crippen LogP) is 5.59. The Balaban J connectivity index is 1.09. The first-order chi connectivity index (χ1) is 27.9. The third-order valence-electron chi connectivity index (χ3n) is 11.6. The molecule has 0 saturated carbocycles. The lowest BCUT2D eigenvalue weighted by Gasteiger charge is -2.30. The number of alkyl carbamates (subject to hydrolysis) is 2. The number of hydrogen-bond donors (Lipinski definition) is 6. The molecule has 5 heterocycles. The molecular weight excluding hydrogens is 739 g/mol. The van der Waals surface area contributed by atoms with Crippen LogP contribution in [0.15, 0.2) is 54.9 Å². The van der Waals surface area contributed by atoms with Crippen molar-refractivity contribution in [2.45, 2.75) is 84.5 Å². The number of ether oxygens (including phenoxy) is 2. The minimum atomic E-state index is -0.695. The summed E-state index contributed by atoms with van der Waals surface area (Å²) >= 11 is 0. The molecular formula is C43H54N9O6+. The van der Waals surface area contributed by atoms with Crippen molar-refractivity contribution in [1.82, 2.24) is 40.5 Å². The van der Waals surface area contributed by atoms with Gasteiger partial charge in [-0.1, -0.05) is 64.1 Å². The van der Waals surface area contributed by atoms with Gasteiger partial charge in [-0.05, 0) is 48.8 Å².